The number of anilines is 2. The molecule has 3 aromatic rings. The van der Waals surface area contributed by atoms with Gasteiger partial charge in [0.15, 0.2) is 11.5 Å². The molecule has 0 saturated carbocycles. The highest BCUT2D eigenvalue weighted by molar-refractivity contribution is 5.92. The van der Waals surface area contributed by atoms with Crippen LogP contribution < -0.4 is 10.6 Å². The number of carbonyl (C=O) groups excluding carboxylic acids is 2. The molecule has 2 N–H and O–H groups in total. The number of carbonyl (C=O) groups is 2. The summed E-state index contributed by atoms with van der Waals surface area (Å²) >= 11 is 0. The van der Waals surface area contributed by atoms with Crippen molar-refractivity contribution in [3.63, 3.8) is 0 Å². The number of nitrogens with one attached hydrogen (secondary N) is 2. The first-order valence-electron chi connectivity index (χ1n) is 7.27. The summed E-state index contributed by atoms with van der Waals surface area (Å²) in [6.45, 7) is 1.44. The summed E-state index contributed by atoms with van der Waals surface area (Å²) < 4.78 is 10.3. The molecule has 0 spiro atoms. The summed E-state index contributed by atoms with van der Waals surface area (Å²) in [5, 5.41) is 9.14. The number of amides is 2. The molecule has 7 nitrogen and oxygen atoms in total. The molecule has 0 radical (unpaired) electrons. The number of benzene rings is 1. The van der Waals surface area contributed by atoms with Gasteiger partial charge in [-0.2, -0.15) is 0 Å². The van der Waals surface area contributed by atoms with E-state index < -0.39 is 0 Å². The van der Waals surface area contributed by atoms with E-state index in [0.717, 1.165) is 5.56 Å². The maximum Gasteiger partial charge on any atom is 0.231 e. The van der Waals surface area contributed by atoms with E-state index in [4.69, 9.17) is 8.94 Å². The lowest BCUT2D eigenvalue weighted by Gasteiger charge is -2.04. The fourth-order valence-electron chi connectivity index (χ4n) is 2.15. The van der Waals surface area contributed by atoms with Crippen LogP contribution in [-0.2, 0) is 16.0 Å². The fourth-order valence-corrected chi connectivity index (χ4v) is 2.15. The quantitative estimate of drug-likeness (QED) is 0.751. The second-order valence-electron chi connectivity index (χ2n) is 5.16. The van der Waals surface area contributed by atoms with Crippen LogP contribution in [0, 0.1) is 0 Å². The molecule has 1 aromatic carbocycles. The number of rotatable bonds is 5. The molecule has 122 valence electrons. The summed E-state index contributed by atoms with van der Waals surface area (Å²) in [5.41, 5.74) is 2.01. The summed E-state index contributed by atoms with van der Waals surface area (Å²) in [7, 11) is 0. The van der Waals surface area contributed by atoms with E-state index in [-0.39, 0.29) is 24.1 Å². The van der Waals surface area contributed by atoms with Crippen molar-refractivity contribution in [3.05, 3.63) is 54.3 Å². The topological polar surface area (TPSA) is 97.4 Å². The third-order valence-electron chi connectivity index (χ3n) is 3.19. The summed E-state index contributed by atoms with van der Waals surface area (Å²) in [6, 6.07) is 12.1. The number of furan rings is 1. The molecule has 0 aliphatic heterocycles. The largest absolute Gasteiger partial charge is 0.463 e. The summed E-state index contributed by atoms with van der Waals surface area (Å²) in [6.07, 6.45) is 1.71. The molecular weight excluding hydrogens is 310 g/mol. The Hall–Kier alpha value is -3.35. The molecule has 3 rings (SSSR count). The lowest BCUT2D eigenvalue weighted by Crippen LogP contribution is -2.14. The number of hydrogen-bond acceptors (Lipinski definition) is 5. The smallest absolute Gasteiger partial charge is 0.231 e. The van der Waals surface area contributed by atoms with Crippen molar-refractivity contribution in [2.75, 3.05) is 10.6 Å². The average molecular weight is 325 g/mol. The van der Waals surface area contributed by atoms with Crippen LogP contribution in [0.2, 0.25) is 0 Å². The van der Waals surface area contributed by atoms with E-state index >= 15 is 0 Å². The maximum absolute atomic E-state index is 12.0. The SMILES string of the molecule is CC(=O)Nc1ccc(CC(=O)Nc2cc(-c3ccco3)no2)cc1. The molecule has 0 bridgehead atoms. The third-order valence-corrected chi connectivity index (χ3v) is 3.19. The predicted molar refractivity (Wildman–Crippen MR) is 87.3 cm³/mol. The first kappa shape index (κ1) is 15.5. The van der Waals surface area contributed by atoms with Crippen molar-refractivity contribution < 1.29 is 18.5 Å². The van der Waals surface area contributed by atoms with Crippen LogP contribution in [0.3, 0.4) is 0 Å². The standard InChI is InChI=1S/C17H15N3O4/c1-11(21)18-13-6-4-12(5-7-13)9-16(22)19-17-10-14(20-24-17)15-3-2-8-23-15/h2-8,10H,9H2,1H3,(H,18,21)(H,19,22). The average Bonchev–Trinajstić information content (AvgIpc) is 3.19. The molecule has 2 aromatic heterocycles. The van der Waals surface area contributed by atoms with E-state index in [0.29, 0.717) is 17.1 Å². The third kappa shape index (κ3) is 3.89. The zero-order chi connectivity index (χ0) is 16.9. The Labute approximate surface area is 137 Å². The Morgan fingerprint density at radius 2 is 1.92 bits per heavy atom. The van der Waals surface area contributed by atoms with E-state index in [2.05, 4.69) is 15.8 Å². The van der Waals surface area contributed by atoms with Crippen molar-refractivity contribution in [1.29, 1.82) is 0 Å². The Bertz CT molecular complexity index is 835. The van der Waals surface area contributed by atoms with Gasteiger partial charge in [0.05, 0.1) is 12.7 Å². The zero-order valence-corrected chi connectivity index (χ0v) is 12.9. The first-order chi connectivity index (χ1) is 11.6. The van der Waals surface area contributed by atoms with Gasteiger partial charge in [-0.3, -0.25) is 14.9 Å². The highest BCUT2D eigenvalue weighted by Gasteiger charge is 2.11. The normalized spacial score (nSPS) is 10.4. The van der Waals surface area contributed by atoms with Crippen LogP contribution in [-0.4, -0.2) is 17.0 Å². The van der Waals surface area contributed by atoms with Gasteiger partial charge in [-0.1, -0.05) is 17.3 Å². The Morgan fingerprint density at radius 1 is 1.12 bits per heavy atom. The van der Waals surface area contributed by atoms with Gasteiger partial charge in [-0.25, -0.2) is 0 Å². The molecule has 0 aliphatic carbocycles. The van der Waals surface area contributed by atoms with Crippen LogP contribution in [0.25, 0.3) is 11.5 Å². The van der Waals surface area contributed by atoms with Crippen LogP contribution in [0.5, 0.6) is 0 Å². The molecule has 0 saturated heterocycles. The van der Waals surface area contributed by atoms with Gasteiger partial charge in [0.25, 0.3) is 0 Å². The van der Waals surface area contributed by atoms with Gasteiger partial charge in [0.1, 0.15) is 0 Å². The monoisotopic (exact) mass is 325 g/mol. The molecule has 0 fully saturated rings. The molecule has 0 aliphatic rings. The predicted octanol–water partition coefficient (Wildman–Crippen LogP) is 3.07. The highest BCUT2D eigenvalue weighted by Crippen LogP contribution is 2.22. The molecule has 24 heavy (non-hydrogen) atoms. The van der Waals surface area contributed by atoms with E-state index in [1.165, 1.54) is 13.2 Å². The number of nitrogens with zero attached hydrogens (tertiary/aromatic N) is 1. The van der Waals surface area contributed by atoms with Crippen LogP contribution in [0.1, 0.15) is 12.5 Å². The van der Waals surface area contributed by atoms with E-state index in [1.54, 1.807) is 42.5 Å². The van der Waals surface area contributed by atoms with Crippen LogP contribution in [0.15, 0.2) is 57.7 Å². The van der Waals surface area contributed by atoms with Crippen molar-refractivity contribution in [2.45, 2.75) is 13.3 Å². The van der Waals surface area contributed by atoms with Crippen molar-refractivity contribution in [2.24, 2.45) is 0 Å². The molecule has 7 heteroatoms. The van der Waals surface area contributed by atoms with Gasteiger partial charge in [-0.05, 0) is 29.8 Å². The first-order valence-corrected chi connectivity index (χ1v) is 7.27. The molecule has 2 amide bonds. The molecular formula is C17H15N3O4. The lowest BCUT2D eigenvalue weighted by atomic mass is 10.1. The number of hydrogen-bond donors (Lipinski definition) is 2. The van der Waals surface area contributed by atoms with Crippen molar-refractivity contribution in [3.8, 4) is 11.5 Å². The van der Waals surface area contributed by atoms with Gasteiger partial charge in [0, 0.05) is 18.7 Å². The van der Waals surface area contributed by atoms with Crippen molar-refractivity contribution >= 4 is 23.4 Å². The Morgan fingerprint density at radius 3 is 2.58 bits per heavy atom. The van der Waals surface area contributed by atoms with E-state index in [9.17, 15) is 9.59 Å². The second-order valence-corrected chi connectivity index (χ2v) is 5.16. The highest BCUT2D eigenvalue weighted by atomic mass is 16.5. The summed E-state index contributed by atoms with van der Waals surface area (Å²) in [5.74, 6) is 0.441. The number of aromatic nitrogens is 1. The fraction of sp³-hybridized carbons (Fsp3) is 0.118. The Balaban J connectivity index is 1.58. The second kappa shape index (κ2) is 6.82. The Kier molecular flexibility index (Phi) is 4.42. The van der Waals surface area contributed by atoms with Crippen molar-refractivity contribution in [1.82, 2.24) is 5.16 Å². The summed E-state index contributed by atoms with van der Waals surface area (Å²) in [4.78, 5) is 23.0. The molecule has 2 heterocycles. The minimum absolute atomic E-state index is 0.141. The van der Waals surface area contributed by atoms with E-state index in [1.807, 2.05) is 0 Å². The lowest BCUT2D eigenvalue weighted by molar-refractivity contribution is -0.116. The zero-order valence-electron chi connectivity index (χ0n) is 12.9. The van der Waals surface area contributed by atoms with Crippen LogP contribution in [0.4, 0.5) is 11.6 Å². The minimum Gasteiger partial charge on any atom is -0.463 e. The van der Waals surface area contributed by atoms with Crippen LogP contribution >= 0.6 is 0 Å². The van der Waals surface area contributed by atoms with Gasteiger partial charge in [0.2, 0.25) is 17.7 Å². The molecule has 0 unspecified atom stereocenters. The molecule has 0 atom stereocenters. The van der Waals surface area contributed by atoms with Gasteiger partial charge in [-0.15, -0.1) is 0 Å². The van der Waals surface area contributed by atoms with Gasteiger partial charge >= 0.3 is 0 Å². The van der Waals surface area contributed by atoms with Gasteiger partial charge < -0.3 is 14.3 Å². The minimum atomic E-state index is -0.232. The maximum atomic E-state index is 12.0.